The standard InChI is InChI=1S/C43H70N4O14/c1-12-29-26(20-57-42-40(56-11)39(55-10)36(52)24(5)59-42)15-21(2)16-27-32(28(48)18-31(49)60-29)38(61-41-37(53)33(46(8)9)35(51)23(4)58-41)25(17-22(3)34(27)50)13-14-47-19-30(44-45-47)43(6,7)54/h15-16,19,22-26,28-29,32-33,35-42,48,51-54H,12-14,17-18,20H2,1-11H3/b21-15+,27-16+/t22-,23-,24?,25+,26-,28-,29-,32+,33?,35?,36?,37?,38+,39?,40?,41+,42?/m1/s1. The minimum absolute atomic E-state index is 0.00562. The number of allylic oxidation sites excluding steroid dienone is 2. The number of carbonyl (C=O) groups is 2. The van der Waals surface area contributed by atoms with Gasteiger partial charge in [-0.15, -0.1) is 5.10 Å². The number of rotatable bonds is 13. The Labute approximate surface area is 359 Å². The van der Waals surface area contributed by atoms with Gasteiger partial charge in [0.25, 0.3) is 0 Å². The number of aliphatic hydroxyl groups is 5. The molecule has 2 saturated heterocycles. The van der Waals surface area contributed by atoms with E-state index in [1.807, 2.05) is 26.8 Å². The van der Waals surface area contributed by atoms with E-state index in [2.05, 4.69) is 10.3 Å². The lowest BCUT2D eigenvalue weighted by atomic mass is 9.79. The number of cyclic esters (lactones) is 1. The van der Waals surface area contributed by atoms with E-state index < -0.39 is 121 Å². The highest BCUT2D eigenvalue weighted by atomic mass is 16.7. The molecule has 3 aliphatic heterocycles. The fourth-order valence-electron chi connectivity index (χ4n) is 9.29. The molecule has 18 heteroatoms. The topological polar surface area (TPSA) is 234 Å². The predicted octanol–water partition coefficient (Wildman–Crippen LogP) is 1.25. The first-order chi connectivity index (χ1) is 28.7. The van der Waals surface area contributed by atoms with Crippen molar-refractivity contribution in [3.63, 3.8) is 0 Å². The summed E-state index contributed by atoms with van der Waals surface area (Å²) in [5.74, 6) is -3.59. The molecule has 5 N–H and O–H groups in total. The average molecular weight is 867 g/mol. The minimum atomic E-state index is -1.47. The van der Waals surface area contributed by atoms with Gasteiger partial charge in [-0.1, -0.05) is 36.8 Å². The fraction of sp³-hybridized carbons (Fsp3) is 0.814. The molecule has 1 aromatic heterocycles. The molecule has 3 fully saturated rings. The molecular weight excluding hydrogens is 796 g/mol. The van der Waals surface area contributed by atoms with Gasteiger partial charge in [-0.25, -0.2) is 0 Å². The number of nitrogens with zero attached hydrogens (tertiary/aromatic N) is 4. The molecule has 0 radical (unpaired) electrons. The van der Waals surface area contributed by atoms with Crippen LogP contribution >= 0.6 is 0 Å². The van der Waals surface area contributed by atoms with Crippen molar-refractivity contribution in [1.29, 1.82) is 0 Å². The van der Waals surface area contributed by atoms with Gasteiger partial charge in [0.1, 0.15) is 41.8 Å². The quantitative estimate of drug-likeness (QED) is 0.176. The maximum Gasteiger partial charge on any atom is 0.308 e. The number of aromatic nitrogens is 3. The van der Waals surface area contributed by atoms with Crippen LogP contribution in [0.2, 0.25) is 0 Å². The van der Waals surface area contributed by atoms with Gasteiger partial charge in [0.2, 0.25) is 0 Å². The average Bonchev–Trinajstić information content (AvgIpc) is 3.65. The van der Waals surface area contributed by atoms with Crippen LogP contribution in [0.25, 0.3) is 0 Å². The Kier molecular flexibility index (Phi) is 16.9. The lowest BCUT2D eigenvalue weighted by molar-refractivity contribution is -0.304. The number of hydrogen-bond acceptors (Lipinski definition) is 17. The van der Waals surface area contributed by atoms with Gasteiger partial charge in [0, 0.05) is 44.1 Å². The number of aryl methyl sites for hydroxylation is 1. The van der Waals surface area contributed by atoms with E-state index in [-0.39, 0.29) is 18.0 Å². The van der Waals surface area contributed by atoms with Crippen LogP contribution in [-0.4, -0.2) is 172 Å². The van der Waals surface area contributed by atoms with Gasteiger partial charge in [-0.05, 0) is 73.9 Å². The predicted molar refractivity (Wildman–Crippen MR) is 218 cm³/mol. The van der Waals surface area contributed by atoms with Crippen LogP contribution in [0.3, 0.4) is 0 Å². The Morgan fingerprint density at radius 2 is 1.61 bits per heavy atom. The van der Waals surface area contributed by atoms with Crippen LogP contribution < -0.4 is 0 Å². The Morgan fingerprint density at radius 1 is 0.951 bits per heavy atom. The summed E-state index contributed by atoms with van der Waals surface area (Å²) in [6.07, 6.45) is -5.72. The third kappa shape index (κ3) is 11.3. The number of fused-ring (bicyclic) bond motifs is 1. The smallest absolute Gasteiger partial charge is 0.308 e. The number of ketones is 1. The second-order valence-electron chi connectivity index (χ2n) is 18.1. The van der Waals surface area contributed by atoms with E-state index in [0.29, 0.717) is 37.1 Å². The number of ether oxygens (including phenoxy) is 7. The van der Waals surface area contributed by atoms with Gasteiger partial charge in [0.05, 0.1) is 55.8 Å². The summed E-state index contributed by atoms with van der Waals surface area (Å²) in [6, 6.07) is -0.765. The first-order valence-electron chi connectivity index (χ1n) is 21.5. The summed E-state index contributed by atoms with van der Waals surface area (Å²) in [5.41, 5.74) is 0.0397. The van der Waals surface area contributed by atoms with Crippen LogP contribution in [0.15, 0.2) is 29.5 Å². The number of carbonyl (C=O) groups excluding carboxylic acids is 2. The summed E-state index contributed by atoms with van der Waals surface area (Å²) in [4.78, 5) is 30.2. The lowest BCUT2D eigenvalue weighted by Gasteiger charge is -2.46. The molecule has 0 amide bonds. The summed E-state index contributed by atoms with van der Waals surface area (Å²) < 4.78 is 44.1. The van der Waals surface area contributed by atoms with Crippen molar-refractivity contribution in [3.8, 4) is 0 Å². The van der Waals surface area contributed by atoms with Crippen molar-refractivity contribution in [2.45, 2.75) is 166 Å². The summed E-state index contributed by atoms with van der Waals surface area (Å²) >= 11 is 0. The van der Waals surface area contributed by atoms with Crippen molar-refractivity contribution in [2.24, 2.45) is 23.7 Å². The van der Waals surface area contributed by atoms with E-state index in [9.17, 15) is 35.1 Å². The van der Waals surface area contributed by atoms with Crippen LogP contribution in [0.5, 0.6) is 0 Å². The van der Waals surface area contributed by atoms with Gasteiger partial charge < -0.3 is 63.6 Å². The summed E-state index contributed by atoms with van der Waals surface area (Å²) in [5, 5.41) is 64.5. The van der Waals surface area contributed by atoms with Gasteiger partial charge in [-0.2, -0.15) is 0 Å². The first-order valence-corrected chi connectivity index (χ1v) is 21.5. The van der Waals surface area contributed by atoms with Crippen LogP contribution in [0.1, 0.15) is 79.8 Å². The molecule has 0 aromatic carbocycles. The van der Waals surface area contributed by atoms with Crippen molar-refractivity contribution in [2.75, 3.05) is 34.9 Å². The highest BCUT2D eigenvalue weighted by Crippen LogP contribution is 2.42. The van der Waals surface area contributed by atoms with Gasteiger partial charge >= 0.3 is 5.97 Å². The molecular formula is C43H70N4O14. The molecule has 346 valence electrons. The molecule has 17 atom stereocenters. The summed E-state index contributed by atoms with van der Waals surface area (Å²) in [7, 11) is 6.41. The Bertz CT molecular complexity index is 1680. The van der Waals surface area contributed by atoms with E-state index in [0.717, 1.165) is 0 Å². The van der Waals surface area contributed by atoms with Crippen molar-refractivity contribution in [3.05, 3.63) is 35.2 Å². The third-order valence-electron chi connectivity index (χ3n) is 12.7. The number of hydrogen-bond donors (Lipinski definition) is 5. The molecule has 61 heavy (non-hydrogen) atoms. The fourth-order valence-corrected chi connectivity index (χ4v) is 9.29. The SMILES string of the molecule is CC[C@H]1OC(=O)C[C@@H](O)[C@@H]2/C(=C\C(C)=C\[C@@H]1COC1OC(C)C(O)C(OC)C1OC)C(=O)[C@H](C)C[C@H](CCn1cc(C(C)(C)O)nn1)[C@@H]2O[C@@H]1O[C@H](C)C(O)C(N(C)C)C1O. The third-order valence-corrected chi connectivity index (χ3v) is 12.7. The molecule has 5 rings (SSSR count). The van der Waals surface area contributed by atoms with Gasteiger partial charge in [-0.3, -0.25) is 14.3 Å². The molecule has 4 heterocycles. The molecule has 1 saturated carbocycles. The number of likely N-dealkylation sites (N-methyl/N-ethyl adjacent to an activating group) is 1. The van der Waals surface area contributed by atoms with Crippen LogP contribution in [0, 0.1) is 23.7 Å². The molecule has 0 bridgehead atoms. The summed E-state index contributed by atoms with van der Waals surface area (Å²) in [6.45, 7) is 12.4. The zero-order chi connectivity index (χ0) is 45.1. The van der Waals surface area contributed by atoms with E-state index in [1.165, 1.54) is 14.2 Å². The molecule has 1 aliphatic carbocycles. The zero-order valence-corrected chi connectivity index (χ0v) is 37.5. The Hall–Kier alpha value is -2.72. The molecule has 0 spiro atoms. The van der Waals surface area contributed by atoms with Crippen LogP contribution in [0.4, 0.5) is 0 Å². The normalized spacial score (nSPS) is 41.2. The molecule has 8 unspecified atom stereocenters. The van der Waals surface area contributed by atoms with Crippen molar-refractivity contribution >= 4 is 11.8 Å². The van der Waals surface area contributed by atoms with Crippen molar-refractivity contribution in [1.82, 2.24) is 19.9 Å². The Balaban J connectivity index is 1.56. The number of esters is 1. The number of aliphatic hydroxyl groups excluding tert-OH is 4. The van der Waals surface area contributed by atoms with E-state index in [4.69, 9.17) is 33.2 Å². The Morgan fingerprint density at radius 3 is 2.21 bits per heavy atom. The zero-order valence-electron chi connectivity index (χ0n) is 37.5. The van der Waals surface area contributed by atoms with Crippen LogP contribution in [-0.2, 0) is 54.9 Å². The second-order valence-corrected chi connectivity index (χ2v) is 18.1. The molecule has 4 aliphatic rings. The van der Waals surface area contributed by atoms with Crippen molar-refractivity contribution < 1.29 is 68.3 Å². The monoisotopic (exact) mass is 866 g/mol. The number of methoxy groups -OCH3 is 2. The number of Topliss-reactive ketones (excluding diaryl/α,β-unsaturated/α-hetero) is 1. The second kappa shape index (κ2) is 20.9. The highest BCUT2D eigenvalue weighted by Gasteiger charge is 2.51. The highest BCUT2D eigenvalue weighted by molar-refractivity contribution is 5.98. The minimum Gasteiger partial charge on any atom is -0.462 e. The largest absolute Gasteiger partial charge is 0.462 e. The van der Waals surface area contributed by atoms with Gasteiger partial charge in [0.15, 0.2) is 18.4 Å². The van der Waals surface area contributed by atoms with E-state index >= 15 is 0 Å². The lowest BCUT2D eigenvalue weighted by Crippen LogP contribution is -2.63. The molecule has 1 aromatic rings. The maximum atomic E-state index is 14.7. The van der Waals surface area contributed by atoms with E-state index in [1.54, 1.807) is 63.6 Å². The maximum absolute atomic E-state index is 14.7. The molecule has 18 nitrogen and oxygen atoms in total. The first kappa shape index (κ1) is 49.3.